The van der Waals surface area contributed by atoms with E-state index in [-0.39, 0.29) is 0 Å². The van der Waals surface area contributed by atoms with Crippen LogP contribution in [0.2, 0.25) is 0 Å². The molecule has 2 aromatic rings. The van der Waals surface area contributed by atoms with Crippen LogP contribution < -0.4 is 10.2 Å². The van der Waals surface area contributed by atoms with Gasteiger partial charge < -0.3 is 10.2 Å². The van der Waals surface area contributed by atoms with Crippen LogP contribution in [0.4, 0.5) is 11.4 Å². The lowest BCUT2D eigenvalue weighted by molar-refractivity contribution is 1.11. The summed E-state index contributed by atoms with van der Waals surface area (Å²) in [7, 11) is 4.11. The molecular weight excluding hydrogens is 300 g/mol. The molecule has 0 radical (unpaired) electrons. The molecular formula is C16H19BrN2. The minimum Gasteiger partial charge on any atom is -0.381 e. The topological polar surface area (TPSA) is 15.3 Å². The molecule has 0 unspecified atom stereocenters. The van der Waals surface area contributed by atoms with Crippen molar-refractivity contribution in [3.63, 3.8) is 0 Å². The Hall–Kier alpha value is -1.48. The van der Waals surface area contributed by atoms with Gasteiger partial charge in [-0.3, -0.25) is 0 Å². The number of nitrogens with zero attached hydrogens (tertiary/aromatic N) is 1. The van der Waals surface area contributed by atoms with Crippen LogP contribution in [0, 0.1) is 6.92 Å². The van der Waals surface area contributed by atoms with Crippen molar-refractivity contribution in [2.75, 3.05) is 24.3 Å². The van der Waals surface area contributed by atoms with Crippen LogP contribution in [-0.2, 0) is 6.54 Å². The Kier molecular flexibility index (Phi) is 4.48. The first-order valence-electron chi connectivity index (χ1n) is 6.32. The molecule has 0 aromatic heterocycles. The molecule has 0 aliphatic rings. The lowest BCUT2D eigenvalue weighted by Gasteiger charge is -2.13. The molecule has 0 fully saturated rings. The van der Waals surface area contributed by atoms with Crippen LogP contribution in [0.3, 0.4) is 0 Å². The summed E-state index contributed by atoms with van der Waals surface area (Å²) in [6.45, 7) is 2.94. The summed E-state index contributed by atoms with van der Waals surface area (Å²) in [5, 5.41) is 3.45. The van der Waals surface area contributed by atoms with Crippen molar-refractivity contribution >= 4 is 27.3 Å². The second-order valence-corrected chi connectivity index (χ2v) is 5.85. The minimum atomic E-state index is 0.837. The van der Waals surface area contributed by atoms with Crippen LogP contribution in [0.25, 0.3) is 0 Å². The summed E-state index contributed by atoms with van der Waals surface area (Å²) in [5.74, 6) is 0. The predicted molar refractivity (Wildman–Crippen MR) is 87.0 cm³/mol. The smallest absolute Gasteiger partial charge is 0.0400 e. The first-order chi connectivity index (χ1) is 9.04. The predicted octanol–water partition coefficient (Wildman–Crippen LogP) is 4.44. The quantitative estimate of drug-likeness (QED) is 0.896. The van der Waals surface area contributed by atoms with Crippen molar-refractivity contribution in [2.24, 2.45) is 0 Å². The van der Waals surface area contributed by atoms with Gasteiger partial charge in [0.15, 0.2) is 0 Å². The number of benzene rings is 2. The zero-order chi connectivity index (χ0) is 13.8. The lowest BCUT2D eigenvalue weighted by Crippen LogP contribution is -2.08. The Morgan fingerprint density at radius 2 is 1.74 bits per heavy atom. The molecule has 0 bridgehead atoms. The first-order valence-corrected chi connectivity index (χ1v) is 7.11. The van der Waals surface area contributed by atoms with Crippen LogP contribution in [-0.4, -0.2) is 14.1 Å². The van der Waals surface area contributed by atoms with Gasteiger partial charge in [0.2, 0.25) is 0 Å². The summed E-state index contributed by atoms with van der Waals surface area (Å²) < 4.78 is 1.11. The van der Waals surface area contributed by atoms with E-state index in [1.807, 2.05) is 0 Å². The Morgan fingerprint density at radius 3 is 2.32 bits per heavy atom. The second kappa shape index (κ2) is 6.11. The molecule has 3 heteroatoms. The van der Waals surface area contributed by atoms with Gasteiger partial charge in [-0.2, -0.15) is 0 Å². The molecule has 2 nitrogen and oxygen atoms in total. The SMILES string of the molecule is Cc1cc(Br)cc(NCc2ccc(N(C)C)cc2)c1. The molecule has 2 rings (SSSR count). The highest BCUT2D eigenvalue weighted by Gasteiger charge is 1.99. The average molecular weight is 319 g/mol. The van der Waals surface area contributed by atoms with Crippen molar-refractivity contribution in [3.8, 4) is 0 Å². The van der Waals surface area contributed by atoms with E-state index in [0.717, 1.165) is 16.7 Å². The van der Waals surface area contributed by atoms with Crippen molar-refractivity contribution in [2.45, 2.75) is 13.5 Å². The highest BCUT2D eigenvalue weighted by Crippen LogP contribution is 2.20. The molecule has 0 heterocycles. The van der Waals surface area contributed by atoms with Gasteiger partial charge >= 0.3 is 0 Å². The van der Waals surface area contributed by atoms with Gasteiger partial charge in [-0.05, 0) is 48.4 Å². The maximum absolute atomic E-state index is 3.52. The van der Waals surface area contributed by atoms with Crippen LogP contribution in [0.1, 0.15) is 11.1 Å². The van der Waals surface area contributed by atoms with E-state index in [2.05, 4.69) is 89.6 Å². The Morgan fingerprint density at radius 1 is 1.05 bits per heavy atom. The van der Waals surface area contributed by atoms with Crippen molar-refractivity contribution in [1.82, 2.24) is 0 Å². The fraction of sp³-hybridized carbons (Fsp3) is 0.250. The molecule has 1 N–H and O–H groups in total. The van der Waals surface area contributed by atoms with Gasteiger partial charge in [0.05, 0.1) is 0 Å². The average Bonchev–Trinajstić information content (AvgIpc) is 2.36. The van der Waals surface area contributed by atoms with Gasteiger partial charge in [-0.25, -0.2) is 0 Å². The molecule has 0 aliphatic carbocycles. The van der Waals surface area contributed by atoms with E-state index in [0.29, 0.717) is 0 Å². The number of nitrogens with one attached hydrogen (secondary N) is 1. The van der Waals surface area contributed by atoms with Crippen LogP contribution in [0.15, 0.2) is 46.9 Å². The van der Waals surface area contributed by atoms with Gasteiger partial charge in [-0.1, -0.05) is 28.1 Å². The summed E-state index contributed by atoms with van der Waals surface area (Å²) in [4.78, 5) is 2.11. The molecule has 2 aromatic carbocycles. The maximum atomic E-state index is 3.52. The molecule has 0 amide bonds. The van der Waals surface area contributed by atoms with E-state index in [9.17, 15) is 0 Å². The summed E-state index contributed by atoms with van der Waals surface area (Å²) >= 11 is 3.52. The van der Waals surface area contributed by atoms with E-state index in [1.165, 1.54) is 16.8 Å². The highest BCUT2D eigenvalue weighted by molar-refractivity contribution is 9.10. The molecule has 0 atom stereocenters. The Balaban J connectivity index is 2.02. The Labute approximate surface area is 123 Å². The minimum absolute atomic E-state index is 0.837. The van der Waals surface area contributed by atoms with Crippen molar-refractivity contribution in [1.29, 1.82) is 0 Å². The zero-order valence-corrected chi connectivity index (χ0v) is 13.2. The molecule has 0 saturated carbocycles. The van der Waals surface area contributed by atoms with Gasteiger partial charge in [0.25, 0.3) is 0 Å². The number of halogens is 1. The number of rotatable bonds is 4. The standard InChI is InChI=1S/C16H19BrN2/c1-12-8-14(17)10-15(9-12)18-11-13-4-6-16(7-5-13)19(2)3/h4-10,18H,11H2,1-3H3. The van der Waals surface area contributed by atoms with Crippen LogP contribution in [0.5, 0.6) is 0 Å². The third-order valence-corrected chi connectivity index (χ3v) is 3.45. The Bertz CT molecular complexity index is 527. The van der Waals surface area contributed by atoms with E-state index in [1.54, 1.807) is 0 Å². The summed E-state index contributed by atoms with van der Waals surface area (Å²) in [5.41, 5.74) is 4.90. The van der Waals surface area contributed by atoms with Crippen LogP contribution >= 0.6 is 15.9 Å². The molecule has 0 saturated heterocycles. The molecule has 19 heavy (non-hydrogen) atoms. The van der Waals surface area contributed by atoms with Crippen molar-refractivity contribution < 1.29 is 0 Å². The second-order valence-electron chi connectivity index (χ2n) is 4.93. The van der Waals surface area contributed by atoms with E-state index in [4.69, 9.17) is 0 Å². The summed E-state index contributed by atoms with van der Waals surface area (Å²) in [6.07, 6.45) is 0. The fourth-order valence-electron chi connectivity index (χ4n) is 1.95. The number of hydrogen-bond acceptors (Lipinski definition) is 2. The van der Waals surface area contributed by atoms with Gasteiger partial charge in [0.1, 0.15) is 0 Å². The molecule has 0 aliphatic heterocycles. The lowest BCUT2D eigenvalue weighted by atomic mass is 10.2. The summed E-state index contributed by atoms with van der Waals surface area (Å²) in [6, 6.07) is 15.0. The van der Waals surface area contributed by atoms with Gasteiger partial charge in [-0.15, -0.1) is 0 Å². The van der Waals surface area contributed by atoms with Crippen molar-refractivity contribution in [3.05, 3.63) is 58.1 Å². The van der Waals surface area contributed by atoms with Gasteiger partial charge in [0, 0.05) is 36.5 Å². The normalized spacial score (nSPS) is 10.3. The molecule has 100 valence electrons. The highest BCUT2D eigenvalue weighted by atomic mass is 79.9. The molecule has 0 spiro atoms. The number of hydrogen-bond donors (Lipinski definition) is 1. The zero-order valence-electron chi connectivity index (χ0n) is 11.6. The number of anilines is 2. The van der Waals surface area contributed by atoms with E-state index < -0.39 is 0 Å². The monoisotopic (exact) mass is 318 g/mol. The first kappa shape index (κ1) is 13.9. The number of aryl methyl sites for hydroxylation is 1. The fourth-order valence-corrected chi connectivity index (χ4v) is 2.56. The third-order valence-electron chi connectivity index (χ3n) is 2.99. The van der Waals surface area contributed by atoms with E-state index >= 15 is 0 Å². The third kappa shape index (κ3) is 4.00. The maximum Gasteiger partial charge on any atom is 0.0400 e. The largest absolute Gasteiger partial charge is 0.381 e.